The summed E-state index contributed by atoms with van der Waals surface area (Å²) in [4.78, 5) is 25.1. The Hall–Kier alpha value is -4.35. The van der Waals surface area contributed by atoms with Crippen LogP contribution in [0.3, 0.4) is 0 Å². The van der Waals surface area contributed by atoms with Crippen molar-refractivity contribution in [1.82, 2.24) is 10.6 Å². The van der Waals surface area contributed by atoms with E-state index in [1.807, 2.05) is 78.0 Å². The van der Waals surface area contributed by atoms with Crippen molar-refractivity contribution in [1.29, 1.82) is 0 Å². The third kappa shape index (κ3) is 8.84. The maximum atomic E-state index is 13.3. The number of benzene rings is 2. The first kappa shape index (κ1) is 32.6. The van der Waals surface area contributed by atoms with Crippen LogP contribution < -0.4 is 30.7 Å². The summed E-state index contributed by atoms with van der Waals surface area (Å²) in [6.45, 7) is 5.17. The van der Waals surface area contributed by atoms with E-state index in [-0.39, 0.29) is 24.3 Å². The zero-order valence-electron chi connectivity index (χ0n) is 24.9. The summed E-state index contributed by atoms with van der Waals surface area (Å²) < 4.78 is 3.76. The molecule has 10 nitrogen and oxygen atoms in total. The van der Waals surface area contributed by atoms with Crippen molar-refractivity contribution in [3.63, 3.8) is 0 Å². The van der Waals surface area contributed by atoms with Gasteiger partial charge < -0.3 is 30.7 Å². The third-order valence-corrected chi connectivity index (χ3v) is 7.21. The Labute approximate surface area is 257 Å². The fourth-order valence-electron chi connectivity index (χ4n) is 4.86. The molecule has 2 aromatic heterocycles. The van der Waals surface area contributed by atoms with Gasteiger partial charge in [-0.3, -0.25) is 9.59 Å². The number of hydrogen-bond donors (Lipinski definition) is 6. The zero-order valence-corrected chi connectivity index (χ0v) is 24.9. The molecule has 0 saturated carbocycles. The highest BCUT2D eigenvalue weighted by Gasteiger charge is 2.22. The number of pyridine rings is 2. The third-order valence-electron chi connectivity index (χ3n) is 7.21. The summed E-state index contributed by atoms with van der Waals surface area (Å²) in [5.41, 5.74) is 4.26. The van der Waals surface area contributed by atoms with E-state index in [9.17, 15) is 29.7 Å². The first-order valence-corrected chi connectivity index (χ1v) is 14.6. The lowest BCUT2D eigenvalue weighted by Crippen LogP contribution is -2.42. The molecule has 4 aromatic rings. The predicted octanol–water partition coefficient (Wildman–Crippen LogP) is -0.723. The maximum Gasteiger partial charge on any atom is 0.488 e. The molecular weight excluding hydrogens is 558 g/mol. The molecule has 226 valence electrons. The monoisotopic (exact) mass is 596 g/mol. The van der Waals surface area contributed by atoms with Crippen molar-refractivity contribution >= 4 is 37.0 Å². The van der Waals surface area contributed by atoms with Crippen LogP contribution in [0.4, 0.5) is 0 Å². The largest absolute Gasteiger partial charge is 0.488 e. The molecule has 12 heteroatoms. The molecule has 0 fully saturated rings. The molecule has 0 unspecified atom stereocenters. The Morgan fingerprint density at radius 3 is 1.91 bits per heavy atom. The standard InChI is InChI=1S/C32H36B2N4O6/c1-23(2)31(39)35-14-8-15-36-32(40)28-17-27(21-38(22-28)20-26-10-4-6-13-30(26)34(43)44)24-11-7-16-37(18-24)19-25-9-3-5-12-29(25)33(41)42/h3-7,9-13,16-18,21-23,41-44H,8,14-15,19-20H2,1-2H3/p+2. The Morgan fingerprint density at radius 2 is 1.30 bits per heavy atom. The highest BCUT2D eigenvalue weighted by atomic mass is 16.4. The van der Waals surface area contributed by atoms with E-state index in [0.717, 1.165) is 16.7 Å². The van der Waals surface area contributed by atoms with Crippen molar-refractivity contribution in [3.8, 4) is 11.1 Å². The average Bonchev–Trinajstić information content (AvgIpc) is 3.01. The molecule has 0 atom stereocenters. The number of hydrogen-bond acceptors (Lipinski definition) is 6. The second kappa shape index (κ2) is 15.4. The fraction of sp³-hybridized carbons (Fsp3) is 0.250. The molecule has 0 radical (unpaired) electrons. The minimum atomic E-state index is -1.64. The summed E-state index contributed by atoms with van der Waals surface area (Å²) in [7, 11) is -3.22. The number of amides is 2. The average molecular weight is 596 g/mol. The van der Waals surface area contributed by atoms with Crippen LogP contribution in [-0.4, -0.2) is 59.2 Å². The molecule has 0 saturated heterocycles. The zero-order chi connectivity index (χ0) is 31.6. The highest BCUT2D eigenvalue weighted by Crippen LogP contribution is 2.18. The van der Waals surface area contributed by atoms with E-state index in [0.29, 0.717) is 48.1 Å². The molecule has 6 N–H and O–H groups in total. The fourth-order valence-corrected chi connectivity index (χ4v) is 4.86. The minimum absolute atomic E-state index is 0.0329. The van der Waals surface area contributed by atoms with Crippen molar-refractivity contribution in [2.45, 2.75) is 33.4 Å². The van der Waals surface area contributed by atoms with Gasteiger partial charge in [0, 0.05) is 36.2 Å². The van der Waals surface area contributed by atoms with Crippen LogP contribution in [0.25, 0.3) is 11.1 Å². The molecule has 44 heavy (non-hydrogen) atoms. The van der Waals surface area contributed by atoms with Crippen LogP contribution in [0.1, 0.15) is 41.8 Å². The summed E-state index contributed by atoms with van der Waals surface area (Å²) in [5.74, 6) is -0.414. The summed E-state index contributed by atoms with van der Waals surface area (Å²) >= 11 is 0. The normalized spacial score (nSPS) is 10.9. The van der Waals surface area contributed by atoms with Crippen LogP contribution in [0, 0.1) is 5.92 Å². The minimum Gasteiger partial charge on any atom is -0.423 e. The van der Waals surface area contributed by atoms with Gasteiger partial charge in [-0.2, -0.15) is 4.57 Å². The van der Waals surface area contributed by atoms with Gasteiger partial charge in [0.25, 0.3) is 5.91 Å². The lowest BCUT2D eigenvalue weighted by Gasteiger charge is -2.10. The van der Waals surface area contributed by atoms with E-state index in [1.165, 1.54) is 0 Å². The molecular formula is C32H38B2N4O6+2. The molecule has 0 aliphatic rings. The summed E-state index contributed by atoms with van der Waals surface area (Å²) in [6, 6.07) is 19.7. The molecule has 0 bridgehead atoms. The van der Waals surface area contributed by atoms with Gasteiger partial charge in [0.05, 0.1) is 11.1 Å². The maximum absolute atomic E-state index is 13.3. The number of rotatable bonds is 13. The summed E-state index contributed by atoms with van der Waals surface area (Å²) in [5, 5.41) is 45.1. The van der Waals surface area contributed by atoms with Gasteiger partial charge in [-0.05, 0) is 29.5 Å². The Balaban J connectivity index is 1.62. The van der Waals surface area contributed by atoms with Gasteiger partial charge in [-0.15, -0.1) is 0 Å². The van der Waals surface area contributed by atoms with Crippen molar-refractivity contribution in [2.75, 3.05) is 13.1 Å². The number of aromatic nitrogens is 2. The molecule has 2 aromatic carbocycles. The lowest BCUT2D eigenvalue weighted by molar-refractivity contribution is -0.689. The summed E-state index contributed by atoms with van der Waals surface area (Å²) in [6.07, 6.45) is 7.99. The smallest absolute Gasteiger partial charge is 0.423 e. The quantitative estimate of drug-likeness (QED) is 0.0683. The Kier molecular flexibility index (Phi) is 11.4. The van der Waals surface area contributed by atoms with Gasteiger partial charge in [0.15, 0.2) is 37.9 Å². The van der Waals surface area contributed by atoms with Crippen molar-refractivity contribution in [3.05, 3.63) is 108 Å². The van der Waals surface area contributed by atoms with Crippen LogP contribution >= 0.6 is 0 Å². The molecule has 2 heterocycles. The van der Waals surface area contributed by atoms with Gasteiger partial charge in [-0.1, -0.05) is 62.4 Å². The SMILES string of the molecule is CC(C)C(=O)NCCCNC(=O)c1cc(-c2ccc[n+](Cc3ccccc3B(O)O)c2)c[n+](Cc2ccccc2B(O)O)c1. The van der Waals surface area contributed by atoms with E-state index >= 15 is 0 Å². The molecule has 0 spiro atoms. The Bertz CT molecular complexity index is 1600. The second-order valence-corrected chi connectivity index (χ2v) is 11.0. The van der Waals surface area contributed by atoms with E-state index in [2.05, 4.69) is 10.6 Å². The molecule has 4 rings (SSSR count). The van der Waals surface area contributed by atoms with Crippen LogP contribution in [0.5, 0.6) is 0 Å². The molecule has 0 aliphatic heterocycles. The highest BCUT2D eigenvalue weighted by molar-refractivity contribution is 6.59. The van der Waals surface area contributed by atoms with Crippen molar-refractivity contribution in [2.24, 2.45) is 5.92 Å². The van der Waals surface area contributed by atoms with Crippen LogP contribution in [0.2, 0.25) is 0 Å². The Morgan fingerprint density at radius 1 is 0.727 bits per heavy atom. The number of carbonyl (C=O) groups excluding carboxylic acids is 2. The van der Waals surface area contributed by atoms with Gasteiger partial charge >= 0.3 is 14.2 Å². The first-order valence-electron chi connectivity index (χ1n) is 14.6. The molecule has 0 aliphatic carbocycles. The van der Waals surface area contributed by atoms with Crippen molar-refractivity contribution < 1.29 is 38.8 Å². The van der Waals surface area contributed by atoms with Gasteiger partial charge in [-0.25, -0.2) is 4.57 Å². The van der Waals surface area contributed by atoms with Crippen LogP contribution in [0.15, 0.2) is 91.5 Å². The number of nitrogens with one attached hydrogen (secondary N) is 2. The first-order chi connectivity index (χ1) is 21.1. The second-order valence-electron chi connectivity index (χ2n) is 11.0. The van der Waals surface area contributed by atoms with Gasteiger partial charge in [0.2, 0.25) is 5.91 Å². The number of nitrogens with zero attached hydrogens (tertiary/aromatic N) is 2. The lowest BCUT2D eigenvalue weighted by atomic mass is 9.77. The molecule has 2 amide bonds. The predicted molar refractivity (Wildman–Crippen MR) is 168 cm³/mol. The topological polar surface area (TPSA) is 147 Å². The van der Waals surface area contributed by atoms with E-state index in [1.54, 1.807) is 36.5 Å². The van der Waals surface area contributed by atoms with Gasteiger partial charge in [0.1, 0.15) is 5.56 Å². The van der Waals surface area contributed by atoms with Crippen LogP contribution in [-0.2, 0) is 17.9 Å². The van der Waals surface area contributed by atoms with E-state index < -0.39 is 14.2 Å². The number of carbonyl (C=O) groups is 2. The van der Waals surface area contributed by atoms with E-state index in [4.69, 9.17) is 0 Å².